The number of aliphatic carboxylic acids is 1. The van der Waals surface area contributed by atoms with Gasteiger partial charge in [0.05, 0.1) is 17.6 Å². The smallest absolute Gasteiger partial charge is 0.348 e. The summed E-state index contributed by atoms with van der Waals surface area (Å²) in [6, 6.07) is 7.42. The molecule has 3 heterocycles. The summed E-state index contributed by atoms with van der Waals surface area (Å²) in [5.41, 5.74) is 1.62. The lowest BCUT2D eigenvalue weighted by Gasteiger charge is -2.34. The molecule has 0 atom stereocenters. The number of H-pyrrole nitrogens is 1. The van der Waals surface area contributed by atoms with Crippen LogP contribution >= 0.6 is 0 Å². The van der Waals surface area contributed by atoms with Crippen LogP contribution in [0.25, 0.3) is 16.7 Å². The molecule has 0 radical (unpaired) electrons. The normalized spacial score (nSPS) is 16.1. The van der Waals surface area contributed by atoms with E-state index < -0.39 is 5.97 Å². The monoisotopic (exact) mass is 328 g/mol. The number of aromatic amines is 1. The molecule has 1 saturated heterocycles. The van der Waals surface area contributed by atoms with Crippen LogP contribution in [0.5, 0.6) is 0 Å². The second-order valence-corrected chi connectivity index (χ2v) is 5.77. The number of nitrogens with one attached hydrogen (secondary N) is 1. The molecule has 1 aromatic carbocycles. The van der Waals surface area contributed by atoms with Gasteiger partial charge in [-0.15, -0.1) is 5.10 Å². The first-order chi connectivity index (χ1) is 11.6. The van der Waals surface area contributed by atoms with E-state index in [0.717, 1.165) is 5.52 Å². The molecular formula is C15H16N6O3. The maximum absolute atomic E-state index is 12.1. The molecule has 9 heteroatoms. The lowest BCUT2D eigenvalue weighted by atomic mass is 10.2. The van der Waals surface area contributed by atoms with E-state index in [2.05, 4.69) is 15.2 Å². The van der Waals surface area contributed by atoms with Gasteiger partial charge in [0, 0.05) is 26.2 Å². The van der Waals surface area contributed by atoms with Crippen molar-refractivity contribution in [1.29, 1.82) is 0 Å². The molecule has 1 aliphatic rings. The van der Waals surface area contributed by atoms with Crippen molar-refractivity contribution < 1.29 is 9.90 Å². The van der Waals surface area contributed by atoms with Gasteiger partial charge >= 0.3 is 11.7 Å². The number of rotatable bonds is 3. The molecule has 9 nitrogen and oxygen atoms in total. The SMILES string of the molecule is O=C(O)CN1CCN(c2nc3ccccc3n3c(=O)[nH]nc23)CC1. The Morgan fingerprint density at radius 3 is 2.71 bits per heavy atom. The lowest BCUT2D eigenvalue weighted by Crippen LogP contribution is -2.48. The molecule has 4 rings (SSSR count). The van der Waals surface area contributed by atoms with Gasteiger partial charge in [-0.1, -0.05) is 12.1 Å². The highest BCUT2D eigenvalue weighted by Gasteiger charge is 2.23. The van der Waals surface area contributed by atoms with Gasteiger partial charge < -0.3 is 10.0 Å². The van der Waals surface area contributed by atoms with Crippen molar-refractivity contribution in [2.75, 3.05) is 37.6 Å². The number of aromatic nitrogens is 4. The first kappa shape index (κ1) is 14.6. The first-order valence-corrected chi connectivity index (χ1v) is 7.68. The van der Waals surface area contributed by atoms with E-state index in [9.17, 15) is 9.59 Å². The summed E-state index contributed by atoms with van der Waals surface area (Å²) in [4.78, 5) is 31.5. The van der Waals surface area contributed by atoms with Crippen molar-refractivity contribution in [2.24, 2.45) is 0 Å². The largest absolute Gasteiger partial charge is 0.480 e. The van der Waals surface area contributed by atoms with E-state index in [4.69, 9.17) is 5.11 Å². The molecule has 2 aromatic heterocycles. The molecule has 0 aliphatic carbocycles. The van der Waals surface area contributed by atoms with Gasteiger partial charge in [0.2, 0.25) is 5.65 Å². The van der Waals surface area contributed by atoms with E-state index in [1.165, 1.54) is 4.40 Å². The van der Waals surface area contributed by atoms with E-state index in [0.29, 0.717) is 43.2 Å². The summed E-state index contributed by atoms with van der Waals surface area (Å²) in [6.07, 6.45) is 0. The van der Waals surface area contributed by atoms with Crippen LogP contribution in [0.2, 0.25) is 0 Å². The van der Waals surface area contributed by atoms with Crippen molar-refractivity contribution in [3.8, 4) is 0 Å². The quantitative estimate of drug-likeness (QED) is 0.684. The maximum Gasteiger partial charge on any atom is 0.348 e. The van der Waals surface area contributed by atoms with Crippen LogP contribution in [0.15, 0.2) is 29.1 Å². The zero-order valence-corrected chi connectivity index (χ0v) is 12.8. The highest BCUT2D eigenvalue weighted by atomic mass is 16.4. The van der Waals surface area contributed by atoms with Crippen LogP contribution in [0, 0.1) is 0 Å². The Labute approximate surface area is 136 Å². The predicted octanol–water partition coefficient (Wildman–Crippen LogP) is -0.223. The van der Waals surface area contributed by atoms with E-state index in [1.807, 2.05) is 34.1 Å². The van der Waals surface area contributed by atoms with Crippen molar-refractivity contribution in [3.05, 3.63) is 34.7 Å². The molecule has 0 bridgehead atoms. The molecule has 0 unspecified atom stereocenters. The number of para-hydroxylation sites is 2. The molecule has 24 heavy (non-hydrogen) atoms. The summed E-state index contributed by atoms with van der Waals surface area (Å²) in [7, 11) is 0. The fourth-order valence-corrected chi connectivity index (χ4v) is 3.10. The Kier molecular flexibility index (Phi) is 3.42. The molecule has 0 spiro atoms. The van der Waals surface area contributed by atoms with Crippen LogP contribution in [0.3, 0.4) is 0 Å². The van der Waals surface area contributed by atoms with Gasteiger partial charge in [0.15, 0.2) is 5.82 Å². The second kappa shape index (κ2) is 5.60. The van der Waals surface area contributed by atoms with Crippen LogP contribution in [-0.2, 0) is 4.79 Å². The summed E-state index contributed by atoms with van der Waals surface area (Å²) in [5, 5.41) is 15.5. The van der Waals surface area contributed by atoms with Crippen molar-refractivity contribution in [3.63, 3.8) is 0 Å². The van der Waals surface area contributed by atoms with Crippen molar-refractivity contribution in [1.82, 2.24) is 24.5 Å². The number of piperazine rings is 1. The van der Waals surface area contributed by atoms with E-state index in [1.54, 1.807) is 0 Å². The van der Waals surface area contributed by atoms with Crippen molar-refractivity contribution >= 4 is 28.5 Å². The van der Waals surface area contributed by atoms with Gasteiger partial charge in [0.1, 0.15) is 0 Å². The number of benzene rings is 1. The molecule has 124 valence electrons. The van der Waals surface area contributed by atoms with Crippen LogP contribution < -0.4 is 10.6 Å². The number of anilines is 1. The lowest BCUT2D eigenvalue weighted by molar-refractivity contribution is -0.138. The van der Waals surface area contributed by atoms with Gasteiger partial charge in [-0.2, -0.15) is 0 Å². The third-order valence-electron chi connectivity index (χ3n) is 4.25. The molecule has 0 amide bonds. The number of carboxylic acids is 1. The minimum atomic E-state index is -0.825. The number of carboxylic acid groups (broad SMARTS) is 1. The van der Waals surface area contributed by atoms with Gasteiger partial charge in [-0.3, -0.25) is 9.69 Å². The first-order valence-electron chi connectivity index (χ1n) is 7.68. The molecule has 1 fully saturated rings. The van der Waals surface area contributed by atoms with Gasteiger partial charge in [-0.25, -0.2) is 19.3 Å². The van der Waals surface area contributed by atoms with E-state index >= 15 is 0 Å². The minimum absolute atomic E-state index is 0.0380. The number of carbonyl (C=O) groups is 1. The van der Waals surface area contributed by atoms with Crippen molar-refractivity contribution in [2.45, 2.75) is 0 Å². The zero-order chi connectivity index (χ0) is 16.7. The molecular weight excluding hydrogens is 312 g/mol. The topological polar surface area (TPSA) is 107 Å². The molecule has 3 aromatic rings. The third kappa shape index (κ3) is 2.38. The fourth-order valence-electron chi connectivity index (χ4n) is 3.10. The molecule has 1 aliphatic heterocycles. The standard InChI is InChI=1S/C15H16N6O3/c22-12(23)9-19-5-7-20(8-6-19)13-14-17-18-15(24)21(14)11-4-2-1-3-10(11)16-13/h1-4H,5-9H2,(H,18,24)(H,22,23). The summed E-state index contributed by atoms with van der Waals surface area (Å²) in [6.45, 7) is 2.56. The number of nitrogens with zero attached hydrogens (tertiary/aromatic N) is 5. The van der Waals surface area contributed by atoms with Gasteiger partial charge in [-0.05, 0) is 12.1 Å². The Hall–Kier alpha value is -2.94. The minimum Gasteiger partial charge on any atom is -0.480 e. The second-order valence-electron chi connectivity index (χ2n) is 5.77. The number of hydrogen-bond acceptors (Lipinski definition) is 6. The average molecular weight is 328 g/mol. The number of hydrogen-bond donors (Lipinski definition) is 2. The third-order valence-corrected chi connectivity index (χ3v) is 4.25. The average Bonchev–Trinajstić information content (AvgIpc) is 2.97. The Morgan fingerprint density at radius 2 is 1.96 bits per heavy atom. The summed E-state index contributed by atoms with van der Waals surface area (Å²) < 4.78 is 1.53. The van der Waals surface area contributed by atoms with Crippen LogP contribution in [0.1, 0.15) is 0 Å². The molecule has 2 N–H and O–H groups in total. The Balaban J connectivity index is 1.74. The number of fused-ring (bicyclic) bond motifs is 3. The Morgan fingerprint density at radius 1 is 1.21 bits per heavy atom. The van der Waals surface area contributed by atoms with Crippen LogP contribution in [0.4, 0.5) is 5.82 Å². The molecule has 0 saturated carbocycles. The van der Waals surface area contributed by atoms with E-state index in [-0.39, 0.29) is 12.2 Å². The highest BCUT2D eigenvalue weighted by Crippen LogP contribution is 2.22. The van der Waals surface area contributed by atoms with Crippen LogP contribution in [-0.4, -0.2) is 68.3 Å². The Bertz CT molecular complexity index is 970. The summed E-state index contributed by atoms with van der Waals surface area (Å²) >= 11 is 0. The fraction of sp³-hybridized carbons (Fsp3) is 0.333. The maximum atomic E-state index is 12.1. The zero-order valence-electron chi connectivity index (χ0n) is 12.8. The predicted molar refractivity (Wildman–Crippen MR) is 87.4 cm³/mol. The summed E-state index contributed by atoms with van der Waals surface area (Å²) in [5.74, 6) is -0.185. The van der Waals surface area contributed by atoms with Gasteiger partial charge in [0.25, 0.3) is 0 Å². The highest BCUT2D eigenvalue weighted by molar-refractivity contribution is 5.82.